The average molecular weight is 286 g/mol. The molecule has 19 heavy (non-hydrogen) atoms. The number of carboxylic acid groups (broad SMARTS) is 1. The third kappa shape index (κ3) is 5.06. The molecule has 0 unspecified atom stereocenters. The molecule has 104 valence electrons. The highest BCUT2D eigenvalue weighted by Gasteiger charge is 2.15. The Labute approximate surface area is 113 Å². The molecule has 0 aliphatic heterocycles. The minimum absolute atomic E-state index is 0.01000. The molecule has 1 aromatic carbocycles. The van der Waals surface area contributed by atoms with Gasteiger partial charge in [0.25, 0.3) is 0 Å². The van der Waals surface area contributed by atoms with E-state index in [-0.39, 0.29) is 17.3 Å². The van der Waals surface area contributed by atoms with Gasteiger partial charge in [0, 0.05) is 5.75 Å². The lowest BCUT2D eigenvalue weighted by atomic mass is 10.3. The Morgan fingerprint density at radius 3 is 2.68 bits per heavy atom. The first-order chi connectivity index (χ1) is 8.90. The molecule has 0 saturated carbocycles. The molecule has 0 aliphatic carbocycles. The summed E-state index contributed by atoms with van der Waals surface area (Å²) in [4.78, 5) is 22.1. The van der Waals surface area contributed by atoms with E-state index >= 15 is 0 Å². The molecule has 6 N–H and O–H groups in total. The zero-order valence-corrected chi connectivity index (χ0v) is 10.7. The highest BCUT2D eigenvalue weighted by molar-refractivity contribution is 7.99. The van der Waals surface area contributed by atoms with Crippen molar-refractivity contribution in [2.75, 3.05) is 12.3 Å². The minimum Gasteiger partial charge on any atom is -0.508 e. The van der Waals surface area contributed by atoms with Crippen molar-refractivity contribution < 1.29 is 24.9 Å². The molecule has 1 amide bonds. The van der Waals surface area contributed by atoms with Crippen molar-refractivity contribution in [3.8, 4) is 11.5 Å². The predicted octanol–water partition coefficient (Wildman–Crippen LogP) is -0.282. The van der Waals surface area contributed by atoms with Gasteiger partial charge in [-0.15, -0.1) is 11.8 Å². The van der Waals surface area contributed by atoms with Gasteiger partial charge in [-0.05, 0) is 18.2 Å². The molecular formula is C11H14N2O5S. The number of carboxylic acids is 1. The Morgan fingerprint density at radius 1 is 1.37 bits per heavy atom. The summed E-state index contributed by atoms with van der Waals surface area (Å²) in [7, 11) is 0. The van der Waals surface area contributed by atoms with E-state index in [0.717, 1.165) is 11.8 Å². The number of carbonyl (C=O) groups excluding carboxylic acids is 1. The molecule has 0 saturated heterocycles. The minimum atomic E-state index is -1.15. The van der Waals surface area contributed by atoms with Crippen LogP contribution in [-0.4, -0.2) is 45.5 Å². The highest BCUT2D eigenvalue weighted by Crippen LogP contribution is 2.31. The molecule has 0 radical (unpaired) electrons. The zero-order valence-electron chi connectivity index (χ0n) is 9.87. The quantitative estimate of drug-likeness (QED) is 0.358. The number of phenolic OH excluding ortho intramolecular Hbond substituents is 2. The second-order valence-corrected chi connectivity index (χ2v) is 4.74. The number of phenols is 2. The number of hydrogen-bond donors (Lipinski definition) is 5. The lowest BCUT2D eigenvalue weighted by molar-refractivity contribution is -0.138. The fraction of sp³-hybridized carbons (Fsp3) is 0.273. The Morgan fingerprint density at radius 2 is 2.05 bits per heavy atom. The summed E-state index contributed by atoms with van der Waals surface area (Å²) >= 11 is 1.09. The maximum Gasteiger partial charge on any atom is 0.322 e. The van der Waals surface area contributed by atoms with Crippen LogP contribution in [0.5, 0.6) is 11.5 Å². The standard InChI is InChI=1S/C11H14N2O5S/c12-7(11(18)13-4-10(16)17)5-19-9-3-6(14)1-2-8(9)15/h1-3,7,14-15H,4-5,12H2,(H,13,18)(H,16,17)/t7-/m0/s1. The molecule has 1 atom stereocenters. The third-order valence-electron chi connectivity index (χ3n) is 2.11. The Hall–Kier alpha value is -1.93. The molecule has 0 aromatic heterocycles. The van der Waals surface area contributed by atoms with Crippen LogP contribution in [-0.2, 0) is 9.59 Å². The van der Waals surface area contributed by atoms with Crippen molar-refractivity contribution in [1.29, 1.82) is 0 Å². The van der Waals surface area contributed by atoms with Crippen molar-refractivity contribution in [2.24, 2.45) is 5.73 Å². The molecule has 7 nitrogen and oxygen atoms in total. The second-order valence-electron chi connectivity index (χ2n) is 3.68. The average Bonchev–Trinajstić information content (AvgIpc) is 2.36. The Balaban J connectivity index is 2.49. The first-order valence-corrected chi connectivity index (χ1v) is 6.28. The van der Waals surface area contributed by atoms with E-state index in [2.05, 4.69) is 5.32 Å². The number of carbonyl (C=O) groups is 2. The summed E-state index contributed by atoms with van der Waals surface area (Å²) in [6.45, 7) is -0.491. The molecular weight excluding hydrogens is 272 g/mol. The Bertz CT molecular complexity index is 480. The summed E-state index contributed by atoms with van der Waals surface area (Å²) in [6.07, 6.45) is 0. The lowest BCUT2D eigenvalue weighted by Crippen LogP contribution is -2.44. The van der Waals surface area contributed by atoms with Crippen LogP contribution >= 0.6 is 11.8 Å². The van der Waals surface area contributed by atoms with Gasteiger partial charge >= 0.3 is 5.97 Å². The monoisotopic (exact) mass is 286 g/mol. The maximum atomic E-state index is 11.4. The van der Waals surface area contributed by atoms with E-state index in [9.17, 15) is 19.8 Å². The van der Waals surface area contributed by atoms with Crippen molar-refractivity contribution in [1.82, 2.24) is 5.32 Å². The molecule has 0 fully saturated rings. The molecule has 1 rings (SSSR count). The number of amides is 1. The van der Waals surface area contributed by atoms with Crippen molar-refractivity contribution in [3.63, 3.8) is 0 Å². The van der Waals surface area contributed by atoms with Crippen LogP contribution in [0.3, 0.4) is 0 Å². The number of benzene rings is 1. The number of nitrogens with one attached hydrogen (secondary N) is 1. The van der Waals surface area contributed by atoms with Gasteiger partial charge in [-0.2, -0.15) is 0 Å². The molecule has 0 bridgehead atoms. The molecule has 8 heteroatoms. The van der Waals surface area contributed by atoms with Crippen LogP contribution in [0.4, 0.5) is 0 Å². The lowest BCUT2D eigenvalue weighted by Gasteiger charge is -2.11. The van der Waals surface area contributed by atoms with Crippen LogP contribution in [0.15, 0.2) is 23.1 Å². The molecule has 1 aromatic rings. The molecule has 0 spiro atoms. The van der Waals surface area contributed by atoms with Crippen LogP contribution in [0.1, 0.15) is 0 Å². The van der Waals surface area contributed by atoms with E-state index in [1.807, 2.05) is 0 Å². The van der Waals surface area contributed by atoms with Gasteiger partial charge in [0.15, 0.2) is 0 Å². The number of rotatable bonds is 6. The number of hydrogen-bond acceptors (Lipinski definition) is 6. The third-order valence-corrected chi connectivity index (χ3v) is 3.28. The summed E-state index contributed by atoms with van der Waals surface area (Å²) in [5.41, 5.74) is 5.57. The first-order valence-electron chi connectivity index (χ1n) is 5.30. The number of aromatic hydroxyl groups is 2. The fourth-order valence-corrected chi connectivity index (χ4v) is 2.10. The van der Waals surface area contributed by atoms with E-state index in [1.54, 1.807) is 0 Å². The van der Waals surface area contributed by atoms with Gasteiger partial charge in [-0.3, -0.25) is 9.59 Å². The summed E-state index contributed by atoms with van der Waals surface area (Å²) in [6, 6.07) is 3.10. The van der Waals surface area contributed by atoms with Gasteiger partial charge in [-0.25, -0.2) is 0 Å². The largest absolute Gasteiger partial charge is 0.508 e. The van der Waals surface area contributed by atoms with Gasteiger partial charge in [0.05, 0.1) is 10.9 Å². The Kier molecular flexibility index (Phi) is 5.46. The van der Waals surface area contributed by atoms with Crippen LogP contribution in [0.25, 0.3) is 0 Å². The number of aliphatic carboxylic acids is 1. The topological polar surface area (TPSA) is 133 Å². The second kappa shape index (κ2) is 6.86. The molecule has 0 heterocycles. The van der Waals surface area contributed by atoms with Crippen LogP contribution in [0.2, 0.25) is 0 Å². The number of nitrogens with two attached hydrogens (primary N) is 1. The van der Waals surface area contributed by atoms with Gasteiger partial charge in [0.1, 0.15) is 18.0 Å². The maximum absolute atomic E-state index is 11.4. The van der Waals surface area contributed by atoms with Crippen LogP contribution in [0, 0.1) is 0 Å². The normalized spacial score (nSPS) is 11.8. The van der Waals surface area contributed by atoms with Gasteiger partial charge in [-0.1, -0.05) is 0 Å². The zero-order chi connectivity index (χ0) is 14.4. The van der Waals surface area contributed by atoms with Crippen molar-refractivity contribution in [2.45, 2.75) is 10.9 Å². The van der Waals surface area contributed by atoms with E-state index in [1.165, 1.54) is 18.2 Å². The van der Waals surface area contributed by atoms with Crippen molar-refractivity contribution >= 4 is 23.6 Å². The van der Waals surface area contributed by atoms with E-state index in [0.29, 0.717) is 4.90 Å². The molecule has 0 aliphatic rings. The first kappa shape index (κ1) is 15.1. The smallest absolute Gasteiger partial charge is 0.322 e. The summed E-state index contributed by atoms with van der Waals surface area (Å²) in [5, 5.41) is 29.3. The van der Waals surface area contributed by atoms with Gasteiger partial charge < -0.3 is 26.4 Å². The van der Waals surface area contributed by atoms with Crippen molar-refractivity contribution in [3.05, 3.63) is 18.2 Å². The van der Waals surface area contributed by atoms with Gasteiger partial charge in [0.2, 0.25) is 5.91 Å². The van der Waals surface area contributed by atoms with E-state index in [4.69, 9.17) is 10.8 Å². The fourth-order valence-electron chi connectivity index (χ4n) is 1.17. The van der Waals surface area contributed by atoms with E-state index < -0.39 is 24.5 Å². The highest BCUT2D eigenvalue weighted by atomic mass is 32.2. The SMILES string of the molecule is N[C@@H](CSc1cc(O)ccc1O)C(=O)NCC(=O)O. The predicted molar refractivity (Wildman–Crippen MR) is 69.1 cm³/mol. The van der Waals surface area contributed by atoms with Crippen LogP contribution < -0.4 is 11.1 Å². The number of thioether (sulfide) groups is 1. The summed E-state index contributed by atoms with van der Waals surface area (Å²) < 4.78 is 0. The summed E-state index contributed by atoms with van der Waals surface area (Å²) in [5.74, 6) is -1.64.